The number of hydrogen-bond donors (Lipinski definition) is 2. The summed E-state index contributed by atoms with van der Waals surface area (Å²) >= 11 is 0. The molecule has 0 aromatic heterocycles. The van der Waals surface area contributed by atoms with Crippen molar-refractivity contribution in [2.24, 2.45) is 0 Å². The van der Waals surface area contributed by atoms with Gasteiger partial charge in [-0.05, 0) is 13.0 Å². The Balaban J connectivity index is 4.15. The summed E-state index contributed by atoms with van der Waals surface area (Å²) in [7, 11) is -4.44. The van der Waals surface area contributed by atoms with Crippen molar-refractivity contribution in [3.63, 3.8) is 0 Å². The van der Waals surface area contributed by atoms with Gasteiger partial charge in [0.05, 0.1) is 23.3 Å². The van der Waals surface area contributed by atoms with Crippen molar-refractivity contribution < 1.29 is 23.1 Å². The summed E-state index contributed by atoms with van der Waals surface area (Å²) in [6.45, 7) is 7.96. The zero-order valence-corrected chi connectivity index (χ0v) is 13.7. The summed E-state index contributed by atoms with van der Waals surface area (Å²) in [6.07, 6.45) is -1.63. The molecular formula is C9H21NO5S2Si. The molecule has 0 fully saturated rings. The maximum Gasteiger partial charge on any atom is 0.351 e. The molecule has 0 bridgehead atoms. The van der Waals surface area contributed by atoms with Gasteiger partial charge < -0.3 is 9.84 Å². The fourth-order valence-corrected chi connectivity index (χ4v) is 6.44. The molecular weight excluding hydrogens is 294 g/mol. The van der Waals surface area contributed by atoms with E-state index in [9.17, 15) is 18.3 Å². The van der Waals surface area contributed by atoms with E-state index in [1.165, 1.54) is 0 Å². The van der Waals surface area contributed by atoms with Crippen LogP contribution in [-0.4, -0.2) is 46.2 Å². The lowest BCUT2D eigenvalue weighted by molar-refractivity contribution is -0.153. The first-order valence-electron chi connectivity index (χ1n) is 5.59. The number of rotatable bonds is 8. The Hall–Kier alpha value is -0.0931. The molecule has 0 aliphatic rings. The Morgan fingerprint density at radius 3 is 2.44 bits per heavy atom. The lowest BCUT2D eigenvalue weighted by atomic mass is 10.6. The predicted molar refractivity (Wildman–Crippen MR) is 75.3 cm³/mol. The van der Waals surface area contributed by atoms with Gasteiger partial charge in [0, 0.05) is 8.07 Å². The van der Waals surface area contributed by atoms with E-state index in [1.54, 1.807) is 6.92 Å². The Morgan fingerprint density at radius 1 is 1.44 bits per heavy atom. The van der Waals surface area contributed by atoms with Gasteiger partial charge >= 0.3 is 5.97 Å². The molecule has 0 saturated carbocycles. The highest BCUT2D eigenvalue weighted by Crippen LogP contribution is 2.16. The number of carbonyl (C=O) groups excluding carboxylic acids is 1. The number of aliphatic hydroxyl groups excluding tert-OH is 1. The third kappa shape index (κ3) is 8.92. The van der Waals surface area contributed by atoms with E-state index >= 15 is 0 Å². The van der Waals surface area contributed by atoms with Crippen LogP contribution in [-0.2, 0) is 18.4 Å². The molecule has 0 aromatic rings. The van der Waals surface area contributed by atoms with E-state index in [0.29, 0.717) is 17.0 Å². The lowest BCUT2D eigenvalue weighted by Gasteiger charge is -2.15. The fraction of sp³-hybridized carbons (Fsp3) is 0.889. The highest BCUT2D eigenvalue weighted by molar-refractivity contribution is 8.71. The second-order valence-electron chi connectivity index (χ2n) is 4.93. The highest BCUT2D eigenvalue weighted by Gasteiger charge is 2.23. The molecule has 0 spiro atoms. The standard InChI is InChI=1S/C9H21NO5S2Si/c1-5-15-9(12)8(11)10-16-17(13,14)6-7-18(2,3)4/h8,10-11H,5-7H2,1-4H3. The maximum atomic E-state index is 11.6. The van der Waals surface area contributed by atoms with Gasteiger partial charge in [-0.25, -0.2) is 17.9 Å². The summed E-state index contributed by atoms with van der Waals surface area (Å²) in [5, 5.41) is 9.28. The van der Waals surface area contributed by atoms with Gasteiger partial charge in [0.25, 0.3) is 0 Å². The van der Waals surface area contributed by atoms with E-state index < -0.39 is 29.1 Å². The van der Waals surface area contributed by atoms with Gasteiger partial charge in [0.15, 0.2) is 0 Å². The van der Waals surface area contributed by atoms with Crippen LogP contribution < -0.4 is 4.72 Å². The second kappa shape index (κ2) is 7.48. The minimum atomic E-state index is -3.39. The average Bonchev–Trinajstić information content (AvgIpc) is 2.23. The largest absolute Gasteiger partial charge is 0.463 e. The quantitative estimate of drug-likeness (QED) is 0.225. The van der Waals surface area contributed by atoms with Gasteiger partial charge in [0.1, 0.15) is 0 Å². The van der Waals surface area contributed by atoms with E-state index in [0.717, 1.165) is 0 Å². The van der Waals surface area contributed by atoms with Gasteiger partial charge in [0.2, 0.25) is 15.1 Å². The number of nitrogens with one attached hydrogen (secondary N) is 1. The van der Waals surface area contributed by atoms with Crippen molar-refractivity contribution in [1.82, 2.24) is 4.72 Å². The molecule has 1 unspecified atom stereocenters. The molecule has 0 aliphatic carbocycles. The van der Waals surface area contributed by atoms with Crippen LogP contribution in [0.2, 0.25) is 25.7 Å². The molecule has 2 N–H and O–H groups in total. The molecule has 0 aliphatic heterocycles. The van der Waals surface area contributed by atoms with Gasteiger partial charge in [-0.15, -0.1) is 0 Å². The van der Waals surface area contributed by atoms with E-state index in [1.807, 2.05) is 0 Å². The molecule has 18 heavy (non-hydrogen) atoms. The fourth-order valence-electron chi connectivity index (χ4n) is 0.861. The maximum absolute atomic E-state index is 11.6. The van der Waals surface area contributed by atoms with Crippen molar-refractivity contribution >= 4 is 33.9 Å². The molecule has 0 amide bonds. The van der Waals surface area contributed by atoms with Crippen LogP contribution in [0.3, 0.4) is 0 Å². The summed E-state index contributed by atoms with van der Waals surface area (Å²) in [6, 6.07) is 0.638. The Morgan fingerprint density at radius 2 is 2.00 bits per heavy atom. The SMILES string of the molecule is CCOC(=O)C(O)NSS(=O)(=O)CC[Si](C)(C)C. The zero-order chi connectivity index (χ0) is 14.4. The third-order valence-corrected chi connectivity index (χ3v) is 6.84. The second-order valence-corrected chi connectivity index (χ2v) is 14.5. The smallest absolute Gasteiger partial charge is 0.351 e. The monoisotopic (exact) mass is 315 g/mol. The summed E-state index contributed by atoms with van der Waals surface area (Å²) in [5.74, 6) is -0.846. The van der Waals surface area contributed by atoms with E-state index in [4.69, 9.17) is 0 Å². The number of ether oxygens (including phenoxy) is 1. The van der Waals surface area contributed by atoms with Crippen LogP contribution in [0.1, 0.15) is 6.92 Å². The molecule has 0 aromatic carbocycles. The third-order valence-electron chi connectivity index (χ3n) is 1.90. The minimum absolute atomic E-state index is 0.0376. The molecule has 6 nitrogen and oxygen atoms in total. The molecule has 108 valence electrons. The van der Waals surface area contributed by atoms with Crippen LogP contribution >= 0.6 is 11.0 Å². The zero-order valence-electron chi connectivity index (χ0n) is 11.1. The first kappa shape index (κ1) is 17.9. The topological polar surface area (TPSA) is 92.7 Å². The average molecular weight is 315 g/mol. The number of esters is 1. The van der Waals surface area contributed by atoms with Gasteiger partial charge in [-0.2, -0.15) is 0 Å². The Bertz CT molecular complexity index is 366. The summed E-state index contributed by atoms with van der Waals surface area (Å²) in [4.78, 5) is 11.0. The van der Waals surface area contributed by atoms with Crippen molar-refractivity contribution in [3.05, 3.63) is 0 Å². The Labute approximate surface area is 113 Å². The summed E-state index contributed by atoms with van der Waals surface area (Å²) in [5.41, 5.74) is 0. The van der Waals surface area contributed by atoms with Crippen molar-refractivity contribution in [2.45, 2.75) is 38.8 Å². The number of hydrogen-bond acceptors (Lipinski definition) is 7. The van der Waals surface area contributed by atoms with Crippen LogP contribution in [0.5, 0.6) is 0 Å². The molecule has 0 radical (unpaired) electrons. The van der Waals surface area contributed by atoms with Crippen LogP contribution in [0.15, 0.2) is 0 Å². The minimum Gasteiger partial charge on any atom is -0.463 e. The lowest BCUT2D eigenvalue weighted by Crippen LogP contribution is -2.35. The van der Waals surface area contributed by atoms with Crippen molar-refractivity contribution in [2.75, 3.05) is 12.4 Å². The first-order valence-corrected chi connectivity index (χ1v) is 12.3. The van der Waals surface area contributed by atoms with Crippen LogP contribution in [0, 0.1) is 0 Å². The van der Waals surface area contributed by atoms with Gasteiger partial charge in [-0.3, -0.25) is 0 Å². The molecule has 0 saturated heterocycles. The Kier molecular flexibility index (Phi) is 7.45. The highest BCUT2D eigenvalue weighted by atomic mass is 33.1. The molecule has 0 rings (SSSR count). The molecule has 1 atom stereocenters. The normalized spacial score (nSPS) is 14.3. The van der Waals surface area contributed by atoms with E-state index in [2.05, 4.69) is 29.1 Å². The first-order chi connectivity index (χ1) is 8.07. The van der Waals surface area contributed by atoms with Crippen molar-refractivity contribution in [1.29, 1.82) is 0 Å². The van der Waals surface area contributed by atoms with Crippen molar-refractivity contribution in [3.8, 4) is 0 Å². The van der Waals surface area contributed by atoms with Crippen LogP contribution in [0.4, 0.5) is 0 Å². The predicted octanol–water partition coefficient (Wildman–Crippen LogP) is 0.774. The number of carbonyl (C=O) groups is 1. The van der Waals surface area contributed by atoms with E-state index in [-0.39, 0.29) is 12.4 Å². The van der Waals surface area contributed by atoms with Gasteiger partial charge in [-0.1, -0.05) is 19.6 Å². The molecule has 0 heterocycles. The van der Waals surface area contributed by atoms with Crippen LogP contribution in [0.25, 0.3) is 0 Å². The number of aliphatic hydroxyl groups is 1. The molecule has 9 heteroatoms. The summed E-state index contributed by atoms with van der Waals surface area (Å²) < 4.78 is 29.9.